The normalized spacial score (nSPS) is 11.5. The van der Waals surface area contributed by atoms with Gasteiger partial charge >= 0.3 is 0 Å². The first kappa shape index (κ1) is 18.9. The molecular weight excluding hydrogens is 384 g/mol. The van der Waals surface area contributed by atoms with Gasteiger partial charge in [-0.1, -0.05) is 54.6 Å². The van der Waals surface area contributed by atoms with Crippen LogP contribution in [0.1, 0.15) is 31.8 Å². The summed E-state index contributed by atoms with van der Waals surface area (Å²) in [4.78, 5) is 25.3. The third kappa shape index (κ3) is 3.88. The summed E-state index contributed by atoms with van der Waals surface area (Å²) in [5.74, 6) is -0.141. The molecule has 0 saturated carbocycles. The number of nitrogens with one attached hydrogen (secondary N) is 1. The van der Waals surface area contributed by atoms with Crippen LogP contribution in [-0.2, 0) is 13.0 Å². The first-order valence-corrected chi connectivity index (χ1v) is 10.3. The number of aromatic nitrogens is 1. The highest BCUT2D eigenvalue weighted by Crippen LogP contribution is 2.36. The van der Waals surface area contributed by atoms with E-state index in [2.05, 4.69) is 29.6 Å². The predicted octanol–water partition coefficient (Wildman–Crippen LogP) is 4.68. The number of hydrogen-bond acceptors (Lipinski definition) is 2. The molecular formula is C27H21N2O2+. The molecule has 0 radical (unpaired) electrons. The van der Waals surface area contributed by atoms with Crippen LogP contribution in [0, 0.1) is 0 Å². The highest BCUT2D eigenvalue weighted by atomic mass is 16.1. The highest BCUT2D eigenvalue weighted by molar-refractivity contribution is 6.04. The Bertz CT molecular complexity index is 1300. The minimum Gasteiger partial charge on any atom is -0.317 e. The maximum absolute atomic E-state index is 12.9. The first-order chi connectivity index (χ1) is 15.2. The van der Waals surface area contributed by atoms with Crippen LogP contribution in [0.3, 0.4) is 0 Å². The van der Waals surface area contributed by atoms with Crippen molar-refractivity contribution < 1.29 is 14.2 Å². The molecule has 4 heteroatoms. The molecule has 0 saturated heterocycles. The minimum absolute atomic E-state index is 0.0373. The Morgan fingerprint density at radius 3 is 2.42 bits per heavy atom. The Hall–Kier alpha value is -4.05. The lowest BCUT2D eigenvalue weighted by Gasteiger charge is -2.06. The number of anilines is 1. The molecule has 0 unspecified atom stereocenters. The number of Topliss-reactive ketones (excluding diaryl/α,β-unsaturated/α-hetero) is 1. The van der Waals surface area contributed by atoms with Crippen molar-refractivity contribution in [2.75, 3.05) is 5.32 Å². The second-order valence-corrected chi connectivity index (χ2v) is 7.71. The van der Waals surface area contributed by atoms with Crippen molar-refractivity contribution in [1.29, 1.82) is 0 Å². The number of carbonyl (C=O) groups excluding carboxylic acids is 2. The lowest BCUT2D eigenvalue weighted by atomic mass is 10.0. The molecule has 0 fully saturated rings. The van der Waals surface area contributed by atoms with E-state index in [1.165, 1.54) is 22.3 Å². The van der Waals surface area contributed by atoms with Crippen LogP contribution in [-0.4, -0.2) is 11.7 Å². The van der Waals surface area contributed by atoms with E-state index in [-0.39, 0.29) is 18.2 Å². The van der Waals surface area contributed by atoms with Gasteiger partial charge < -0.3 is 5.32 Å². The molecule has 1 heterocycles. The second kappa shape index (κ2) is 8.00. The van der Waals surface area contributed by atoms with Crippen molar-refractivity contribution in [3.05, 3.63) is 120 Å². The number of fused-ring (bicyclic) bond motifs is 3. The van der Waals surface area contributed by atoms with Gasteiger partial charge in [0.1, 0.15) is 5.69 Å². The summed E-state index contributed by atoms with van der Waals surface area (Å²) in [6, 6.07) is 27.0. The van der Waals surface area contributed by atoms with Gasteiger partial charge in [0, 0.05) is 17.2 Å². The highest BCUT2D eigenvalue weighted by Gasteiger charge is 2.21. The van der Waals surface area contributed by atoms with E-state index >= 15 is 0 Å². The Balaban J connectivity index is 1.31. The van der Waals surface area contributed by atoms with E-state index in [1.807, 2.05) is 54.7 Å². The molecule has 31 heavy (non-hydrogen) atoms. The van der Waals surface area contributed by atoms with Gasteiger partial charge in [0.2, 0.25) is 12.3 Å². The van der Waals surface area contributed by atoms with Gasteiger partial charge in [-0.25, -0.2) is 0 Å². The van der Waals surface area contributed by atoms with Gasteiger partial charge in [0.15, 0.2) is 12.4 Å². The summed E-state index contributed by atoms with van der Waals surface area (Å²) >= 11 is 0. The van der Waals surface area contributed by atoms with Crippen molar-refractivity contribution in [3.8, 4) is 11.1 Å². The third-order valence-electron chi connectivity index (χ3n) is 5.59. The van der Waals surface area contributed by atoms with Crippen LogP contribution >= 0.6 is 0 Å². The predicted molar refractivity (Wildman–Crippen MR) is 120 cm³/mol. The van der Waals surface area contributed by atoms with E-state index in [4.69, 9.17) is 0 Å². The number of carbonyl (C=O) groups is 2. The summed E-state index contributed by atoms with van der Waals surface area (Å²) in [5.41, 5.74) is 6.91. The fourth-order valence-electron chi connectivity index (χ4n) is 4.06. The van der Waals surface area contributed by atoms with Crippen molar-refractivity contribution in [3.63, 3.8) is 0 Å². The zero-order chi connectivity index (χ0) is 21.2. The van der Waals surface area contributed by atoms with Crippen LogP contribution in [0.15, 0.2) is 97.3 Å². The molecule has 150 valence electrons. The van der Waals surface area contributed by atoms with Gasteiger partial charge in [0.25, 0.3) is 5.91 Å². The van der Waals surface area contributed by atoms with Crippen molar-refractivity contribution >= 4 is 17.4 Å². The zero-order valence-corrected chi connectivity index (χ0v) is 16.9. The lowest BCUT2D eigenvalue weighted by Crippen LogP contribution is -2.37. The Morgan fingerprint density at radius 2 is 1.55 bits per heavy atom. The third-order valence-corrected chi connectivity index (χ3v) is 5.59. The van der Waals surface area contributed by atoms with E-state index < -0.39 is 0 Å². The maximum Gasteiger partial charge on any atom is 0.255 e. The van der Waals surface area contributed by atoms with Crippen LogP contribution in [0.2, 0.25) is 0 Å². The first-order valence-electron chi connectivity index (χ1n) is 10.3. The second-order valence-electron chi connectivity index (χ2n) is 7.71. The molecule has 4 aromatic rings. The van der Waals surface area contributed by atoms with E-state index in [0.717, 1.165) is 6.42 Å². The molecule has 1 aliphatic carbocycles. The summed E-state index contributed by atoms with van der Waals surface area (Å²) in [7, 11) is 0. The van der Waals surface area contributed by atoms with Gasteiger partial charge in [0.05, 0.1) is 0 Å². The number of hydrogen-bond donors (Lipinski definition) is 1. The molecule has 0 atom stereocenters. The fraction of sp³-hybridized carbons (Fsp3) is 0.0741. The largest absolute Gasteiger partial charge is 0.317 e. The number of pyridine rings is 1. The Morgan fingerprint density at radius 1 is 0.774 bits per heavy atom. The van der Waals surface area contributed by atoms with Crippen LogP contribution in [0.4, 0.5) is 5.69 Å². The molecule has 0 bridgehead atoms. The average molecular weight is 405 g/mol. The molecule has 1 aliphatic rings. The van der Waals surface area contributed by atoms with E-state index in [0.29, 0.717) is 16.8 Å². The van der Waals surface area contributed by atoms with Gasteiger partial charge in [-0.3, -0.25) is 9.59 Å². The molecule has 1 aromatic heterocycles. The summed E-state index contributed by atoms with van der Waals surface area (Å²) in [6.45, 7) is 0.209. The summed E-state index contributed by atoms with van der Waals surface area (Å²) in [6.07, 6.45) is 4.47. The van der Waals surface area contributed by atoms with Crippen LogP contribution in [0.25, 0.3) is 11.1 Å². The SMILES string of the molecule is O=C(C[n+]1cccc(NC(=O)c2ccccc2)c1)c1ccc2c(c1)Cc1ccccc1-2. The zero-order valence-electron chi connectivity index (χ0n) is 16.9. The topological polar surface area (TPSA) is 50.0 Å². The number of amides is 1. The lowest BCUT2D eigenvalue weighted by molar-refractivity contribution is -0.682. The summed E-state index contributed by atoms with van der Waals surface area (Å²) in [5, 5.41) is 2.88. The Labute approximate surface area is 180 Å². The number of benzene rings is 3. The molecule has 0 aliphatic heterocycles. The maximum atomic E-state index is 12.9. The molecule has 0 spiro atoms. The summed E-state index contributed by atoms with van der Waals surface area (Å²) < 4.78 is 1.80. The standard InChI is InChI=1S/C27H20N2O2/c30-26(21-12-13-25-22(16-21)15-20-9-4-5-11-24(20)25)18-29-14-6-10-23(17-29)28-27(31)19-7-2-1-3-8-19/h1-14,16-17H,15,18H2/p+1. The van der Waals surface area contributed by atoms with Gasteiger partial charge in [-0.15, -0.1) is 0 Å². The molecule has 1 amide bonds. The quantitative estimate of drug-likeness (QED) is 0.341. The van der Waals surface area contributed by atoms with E-state index in [1.54, 1.807) is 22.9 Å². The minimum atomic E-state index is -0.178. The van der Waals surface area contributed by atoms with Gasteiger partial charge in [-0.2, -0.15) is 4.57 Å². The molecule has 4 nitrogen and oxygen atoms in total. The Kier molecular flexibility index (Phi) is 4.89. The van der Waals surface area contributed by atoms with E-state index in [9.17, 15) is 9.59 Å². The smallest absolute Gasteiger partial charge is 0.255 e. The van der Waals surface area contributed by atoms with Crippen molar-refractivity contribution in [2.24, 2.45) is 0 Å². The fourth-order valence-corrected chi connectivity index (χ4v) is 4.06. The van der Waals surface area contributed by atoms with Crippen molar-refractivity contribution in [1.82, 2.24) is 0 Å². The number of nitrogens with zero attached hydrogens (tertiary/aromatic N) is 1. The van der Waals surface area contributed by atoms with Crippen LogP contribution < -0.4 is 9.88 Å². The number of rotatable bonds is 5. The van der Waals surface area contributed by atoms with Gasteiger partial charge in [-0.05, 0) is 52.9 Å². The van der Waals surface area contributed by atoms with Crippen LogP contribution in [0.5, 0.6) is 0 Å². The average Bonchev–Trinajstić information content (AvgIpc) is 3.18. The monoisotopic (exact) mass is 405 g/mol. The van der Waals surface area contributed by atoms with Crippen molar-refractivity contribution in [2.45, 2.75) is 13.0 Å². The number of ketones is 1. The molecule has 3 aromatic carbocycles. The molecule has 1 N–H and O–H groups in total. The molecule has 5 rings (SSSR count).